The number of likely N-dealkylation sites (tertiary alicyclic amines) is 1. The van der Waals surface area contributed by atoms with Crippen LogP contribution >= 0.6 is 0 Å². The van der Waals surface area contributed by atoms with E-state index in [1.807, 2.05) is 11.6 Å². The first-order chi connectivity index (χ1) is 10.1. The molecule has 0 spiro atoms. The lowest BCUT2D eigenvalue weighted by molar-refractivity contribution is 0.161. The highest BCUT2D eigenvalue weighted by atomic mass is 16.3. The summed E-state index contributed by atoms with van der Waals surface area (Å²) in [5, 5.41) is 17.1. The second-order valence-electron chi connectivity index (χ2n) is 6.15. The Hall–Kier alpha value is -0.910. The Morgan fingerprint density at radius 2 is 2.10 bits per heavy atom. The van der Waals surface area contributed by atoms with E-state index >= 15 is 0 Å². The molecular formula is C16H30N4O. The van der Waals surface area contributed by atoms with Gasteiger partial charge in [0.05, 0.1) is 18.8 Å². The van der Waals surface area contributed by atoms with Crippen LogP contribution in [0.25, 0.3) is 0 Å². The predicted molar refractivity (Wildman–Crippen MR) is 85.4 cm³/mol. The molecule has 5 heteroatoms. The lowest BCUT2D eigenvalue weighted by Gasteiger charge is -2.33. The number of aliphatic hydroxyl groups is 1. The molecule has 120 valence electrons. The first kappa shape index (κ1) is 16.5. The Kier molecular flexibility index (Phi) is 6.21. The Balaban J connectivity index is 1.78. The molecule has 2 rings (SSSR count). The van der Waals surface area contributed by atoms with E-state index in [4.69, 9.17) is 5.11 Å². The van der Waals surface area contributed by atoms with Crippen LogP contribution in [-0.4, -0.2) is 52.1 Å². The van der Waals surface area contributed by atoms with E-state index < -0.39 is 0 Å². The fraction of sp³-hybridized carbons (Fsp3) is 0.812. The molecule has 1 atom stereocenters. The van der Waals surface area contributed by atoms with E-state index in [1.165, 1.54) is 37.1 Å². The van der Waals surface area contributed by atoms with Gasteiger partial charge in [0.15, 0.2) is 0 Å². The van der Waals surface area contributed by atoms with Crippen LogP contribution in [0.3, 0.4) is 0 Å². The van der Waals surface area contributed by atoms with E-state index in [-0.39, 0.29) is 6.61 Å². The minimum Gasteiger partial charge on any atom is -0.394 e. The molecule has 1 aliphatic rings. The van der Waals surface area contributed by atoms with Gasteiger partial charge in [0, 0.05) is 36.9 Å². The molecule has 5 nitrogen and oxygen atoms in total. The third-order valence-corrected chi connectivity index (χ3v) is 4.66. The summed E-state index contributed by atoms with van der Waals surface area (Å²) in [6, 6.07) is 0.733. The lowest BCUT2D eigenvalue weighted by atomic mass is 10.0. The molecule has 1 aromatic rings. The van der Waals surface area contributed by atoms with Gasteiger partial charge in [0.1, 0.15) is 0 Å². The fourth-order valence-electron chi connectivity index (χ4n) is 3.23. The van der Waals surface area contributed by atoms with Crippen LogP contribution in [0.5, 0.6) is 0 Å². The van der Waals surface area contributed by atoms with Crippen LogP contribution in [0, 0.1) is 13.8 Å². The zero-order valence-electron chi connectivity index (χ0n) is 13.7. The van der Waals surface area contributed by atoms with Gasteiger partial charge in [0.25, 0.3) is 0 Å². The Morgan fingerprint density at radius 1 is 1.29 bits per heavy atom. The van der Waals surface area contributed by atoms with Gasteiger partial charge in [0.2, 0.25) is 0 Å². The van der Waals surface area contributed by atoms with E-state index in [2.05, 4.69) is 29.2 Å². The fourth-order valence-corrected chi connectivity index (χ4v) is 3.23. The van der Waals surface area contributed by atoms with Crippen molar-refractivity contribution in [2.24, 2.45) is 0 Å². The first-order valence-corrected chi connectivity index (χ1v) is 8.22. The first-order valence-electron chi connectivity index (χ1n) is 8.22. The van der Waals surface area contributed by atoms with E-state index in [1.54, 1.807) is 0 Å². The third-order valence-electron chi connectivity index (χ3n) is 4.66. The highest BCUT2D eigenvalue weighted by Crippen LogP contribution is 2.15. The predicted octanol–water partition coefficient (Wildman–Crippen LogP) is 1.46. The summed E-state index contributed by atoms with van der Waals surface area (Å²) in [5.74, 6) is 0. The van der Waals surface area contributed by atoms with Gasteiger partial charge in [-0.15, -0.1) is 0 Å². The highest BCUT2D eigenvalue weighted by Gasteiger charge is 2.17. The smallest absolute Gasteiger partial charge is 0.0644 e. The average molecular weight is 294 g/mol. The minimum absolute atomic E-state index is 0.141. The van der Waals surface area contributed by atoms with Crippen LogP contribution < -0.4 is 5.32 Å². The molecule has 1 fully saturated rings. The van der Waals surface area contributed by atoms with E-state index in [0.29, 0.717) is 6.54 Å². The SMILES string of the molecule is Cc1nn(CCO)c(C)c1CNCCN1CCCCC1C. The largest absolute Gasteiger partial charge is 0.394 e. The number of rotatable bonds is 7. The maximum atomic E-state index is 9.05. The van der Waals surface area contributed by atoms with Crippen LogP contribution in [-0.2, 0) is 13.1 Å². The summed E-state index contributed by atoms with van der Waals surface area (Å²) >= 11 is 0. The number of aliphatic hydroxyl groups excluding tert-OH is 1. The third kappa shape index (κ3) is 4.28. The summed E-state index contributed by atoms with van der Waals surface area (Å²) in [6.07, 6.45) is 4.07. The van der Waals surface area contributed by atoms with Crippen molar-refractivity contribution in [3.05, 3.63) is 17.0 Å². The lowest BCUT2D eigenvalue weighted by Crippen LogP contribution is -2.41. The van der Waals surface area contributed by atoms with Gasteiger partial charge < -0.3 is 10.4 Å². The molecule has 2 heterocycles. The molecule has 0 aliphatic carbocycles. The van der Waals surface area contributed by atoms with Crippen molar-refractivity contribution in [2.75, 3.05) is 26.2 Å². The van der Waals surface area contributed by atoms with Gasteiger partial charge in [-0.1, -0.05) is 6.42 Å². The van der Waals surface area contributed by atoms with E-state index in [0.717, 1.165) is 31.4 Å². The van der Waals surface area contributed by atoms with Gasteiger partial charge >= 0.3 is 0 Å². The molecule has 2 N–H and O–H groups in total. The molecule has 0 radical (unpaired) electrons. The standard InChI is InChI=1S/C16H30N4O/c1-13-6-4-5-8-19(13)9-7-17-12-16-14(2)18-20(10-11-21)15(16)3/h13,17,21H,4-12H2,1-3H3. The summed E-state index contributed by atoms with van der Waals surface area (Å²) in [5.41, 5.74) is 3.51. The summed E-state index contributed by atoms with van der Waals surface area (Å²) in [4.78, 5) is 2.59. The topological polar surface area (TPSA) is 53.3 Å². The number of piperidine rings is 1. The van der Waals surface area contributed by atoms with E-state index in [9.17, 15) is 0 Å². The molecular weight excluding hydrogens is 264 g/mol. The van der Waals surface area contributed by atoms with Crippen molar-refractivity contribution in [1.29, 1.82) is 0 Å². The molecule has 1 unspecified atom stereocenters. The number of hydrogen-bond donors (Lipinski definition) is 2. The minimum atomic E-state index is 0.141. The van der Waals surface area contributed by atoms with Gasteiger partial charge in [-0.05, 0) is 40.2 Å². The Morgan fingerprint density at radius 3 is 2.81 bits per heavy atom. The summed E-state index contributed by atoms with van der Waals surface area (Å²) in [6.45, 7) is 11.5. The summed E-state index contributed by atoms with van der Waals surface area (Å²) < 4.78 is 1.90. The number of nitrogens with one attached hydrogen (secondary N) is 1. The molecule has 0 bridgehead atoms. The second kappa shape index (κ2) is 7.92. The van der Waals surface area contributed by atoms with Crippen molar-refractivity contribution < 1.29 is 5.11 Å². The Bertz CT molecular complexity index is 444. The number of nitrogens with zero attached hydrogens (tertiary/aromatic N) is 3. The zero-order chi connectivity index (χ0) is 15.2. The van der Waals surface area contributed by atoms with Crippen LogP contribution in [0.15, 0.2) is 0 Å². The molecule has 0 amide bonds. The number of hydrogen-bond acceptors (Lipinski definition) is 4. The van der Waals surface area contributed by atoms with Crippen LogP contribution in [0.1, 0.15) is 43.1 Å². The van der Waals surface area contributed by atoms with Crippen molar-refractivity contribution in [1.82, 2.24) is 20.0 Å². The van der Waals surface area contributed by atoms with Gasteiger partial charge in [-0.2, -0.15) is 5.10 Å². The zero-order valence-corrected chi connectivity index (χ0v) is 13.7. The van der Waals surface area contributed by atoms with Crippen LogP contribution in [0.2, 0.25) is 0 Å². The van der Waals surface area contributed by atoms with Crippen molar-refractivity contribution in [3.63, 3.8) is 0 Å². The average Bonchev–Trinajstić information content (AvgIpc) is 2.73. The number of aromatic nitrogens is 2. The molecule has 0 saturated carbocycles. The highest BCUT2D eigenvalue weighted by molar-refractivity contribution is 5.24. The maximum absolute atomic E-state index is 9.05. The normalized spacial score (nSPS) is 20.1. The molecule has 1 aliphatic heterocycles. The maximum Gasteiger partial charge on any atom is 0.0644 e. The molecule has 21 heavy (non-hydrogen) atoms. The monoisotopic (exact) mass is 294 g/mol. The van der Waals surface area contributed by atoms with Gasteiger partial charge in [-0.3, -0.25) is 9.58 Å². The molecule has 1 aromatic heterocycles. The quantitative estimate of drug-likeness (QED) is 0.748. The molecule has 1 saturated heterocycles. The second-order valence-corrected chi connectivity index (χ2v) is 6.15. The molecule has 0 aromatic carbocycles. The van der Waals surface area contributed by atoms with Crippen LogP contribution in [0.4, 0.5) is 0 Å². The Labute approximate surface area is 128 Å². The van der Waals surface area contributed by atoms with Crippen molar-refractivity contribution in [3.8, 4) is 0 Å². The van der Waals surface area contributed by atoms with Gasteiger partial charge in [-0.25, -0.2) is 0 Å². The van der Waals surface area contributed by atoms with Crippen molar-refractivity contribution in [2.45, 2.75) is 59.2 Å². The number of aryl methyl sites for hydroxylation is 1. The van der Waals surface area contributed by atoms with Crippen molar-refractivity contribution >= 4 is 0 Å². The summed E-state index contributed by atoms with van der Waals surface area (Å²) in [7, 11) is 0.